The number of carbonyl (C=O) groups excluding carboxylic acids is 1. The van der Waals surface area contributed by atoms with Crippen molar-refractivity contribution in [3.63, 3.8) is 0 Å². The first-order valence-electron chi connectivity index (χ1n) is 10.5. The number of sulfonamides is 1. The largest absolute Gasteiger partial charge is 0.488 e. The van der Waals surface area contributed by atoms with Crippen LogP contribution in [0.2, 0.25) is 0 Å². The van der Waals surface area contributed by atoms with Crippen molar-refractivity contribution in [3.05, 3.63) is 36.3 Å². The number of aromatic nitrogens is 2. The number of benzene rings is 1. The van der Waals surface area contributed by atoms with E-state index in [1.54, 1.807) is 41.6 Å². The highest BCUT2D eigenvalue weighted by atomic mass is 32.2. The van der Waals surface area contributed by atoms with Crippen molar-refractivity contribution >= 4 is 21.6 Å². The summed E-state index contributed by atoms with van der Waals surface area (Å²) >= 11 is 0. The Labute approximate surface area is 188 Å². The van der Waals surface area contributed by atoms with Gasteiger partial charge in [0.15, 0.2) is 5.03 Å². The fourth-order valence-electron chi connectivity index (χ4n) is 3.67. The molecule has 1 amide bonds. The molecule has 3 rings (SSSR count). The minimum Gasteiger partial charge on any atom is -0.488 e. The van der Waals surface area contributed by atoms with Crippen LogP contribution >= 0.6 is 0 Å². The van der Waals surface area contributed by atoms with E-state index < -0.39 is 10.0 Å². The number of aliphatic hydroxyl groups is 1. The lowest BCUT2D eigenvalue weighted by molar-refractivity contribution is -0.134. The van der Waals surface area contributed by atoms with E-state index in [-0.39, 0.29) is 42.0 Å². The molecule has 10 nitrogen and oxygen atoms in total. The average molecular weight is 466 g/mol. The smallest absolute Gasteiger partial charge is 0.280 e. The number of aryl methyl sites for hydroxylation is 1. The molecule has 11 heteroatoms. The highest BCUT2D eigenvalue weighted by molar-refractivity contribution is 7.92. The normalized spacial score (nSPS) is 20.5. The summed E-state index contributed by atoms with van der Waals surface area (Å²) < 4.78 is 35.6. The van der Waals surface area contributed by atoms with E-state index in [4.69, 9.17) is 4.74 Å². The Morgan fingerprint density at radius 3 is 2.75 bits per heavy atom. The zero-order valence-electron chi connectivity index (χ0n) is 18.8. The lowest BCUT2D eigenvalue weighted by atomic mass is 10.0. The number of anilines is 1. The number of imidazole rings is 1. The summed E-state index contributed by atoms with van der Waals surface area (Å²) in [5.74, 6) is 0.386. The van der Waals surface area contributed by atoms with Crippen molar-refractivity contribution in [2.24, 2.45) is 13.0 Å². The number of fused-ring (bicyclic) bond motifs is 1. The first-order valence-corrected chi connectivity index (χ1v) is 12.0. The van der Waals surface area contributed by atoms with Gasteiger partial charge in [-0.2, -0.15) is 8.42 Å². The molecule has 0 spiro atoms. The summed E-state index contributed by atoms with van der Waals surface area (Å²) in [6.45, 7) is 4.68. The third kappa shape index (κ3) is 5.40. The van der Waals surface area contributed by atoms with E-state index in [1.165, 1.54) is 12.5 Å². The third-order valence-corrected chi connectivity index (χ3v) is 6.80. The number of hydrogen-bond acceptors (Lipinski definition) is 7. The second-order valence-corrected chi connectivity index (χ2v) is 9.88. The SMILES string of the molecule is CNC[C@@H]1Oc2ccc(NS(=O)(=O)c3cn(C)cn3)cc2CC(=O)N([C@@H](C)CO)C[C@@H]1C. The van der Waals surface area contributed by atoms with Gasteiger partial charge in [0, 0.05) is 43.5 Å². The van der Waals surface area contributed by atoms with E-state index in [0.717, 1.165) is 0 Å². The Bertz CT molecular complexity index is 1050. The van der Waals surface area contributed by atoms with Gasteiger partial charge in [0.05, 0.1) is 25.4 Å². The van der Waals surface area contributed by atoms with Crippen molar-refractivity contribution in [3.8, 4) is 5.75 Å². The molecule has 176 valence electrons. The summed E-state index contributed by atoms with van der Waals surface area (Å²) in [7, 11) is -0.356. The molecule has 0 radical (unpaired) electrons. The second kappa shape index (κ2) is 9.88. The Kier molecular flexibility index (Phi) is 7.42. The van der Waals surface area contributed by atoms with Gasteiger partial charge in [0.1, 0.15) is 11.9 Å². The minimum absolute atomic E-state index is 0.00804. The lowest BCUT2D eigenvalue weighted by Crippen LogP contribution is -2.47. The van der Waals surface area contributed by atoms with E-state index in [2.05, 4.69) is 15.0 Å². The van der Waals surface area contributed by atoms with Crippen molar-refractivity contribution in [1.82, 2.24) is 19.8 Å². The van der Waals surface area contributed by atoms with Crippen LogP contribution < -0.4 is 14.8 Å². The first-order chi connectivity index (χ1) is 15.1. The number of nitrogens with zero attached hydrogens (tertiary/aromatic N) is 3. The fourth-order valence-corrected chi connectivity index (χ4v) is 4.71. The van der Waals surface area contributed by atoms with Crippen LogP contribution in [-0.4, -0.2) is 72.8 Å². The number of rotatable bonds is 7. The van der Waals surface area contributed by atoms with Gasteiger partial charge in [-0.25, -0.2) is 4.98 Å². The maximum atomic E-state index is 13.1. The highest BCUT2D eigenvalue weighted by Crippen LogP contribution is 2.29. The van der Waals surface area contributed by atoms with Gasteiger partial charge in [-0.1, -0.05) is 6.92 Å². The van der Waals surface area contributed by atoms with Crippen LogP contribution in [0.3, 0.4) is 0 Å². The summed E-state index contributed by atoms with van der Waals surface area (Å²) in [5.41, 5.74) is 0.881. The molecule has 0 bridgehead atoms. The Balaban J connectivity index is 1.96. The third-order valence-electron chi connectivity index (χ3n) is 5.53. The van der Waals surface area contributed by atoms with Gasteiger partial charge < -0.3 is 24.6 Å². The Morgan fingerprint density at radius 1 is 1.38 bits per heavy atom. The number of nitrogens with one attached hydrogen (secondary N) is 2. The molecular weight excluding hydrogens is 434 g/mol. The van der Waals surface area contributed by atoms with Crippen molar-refractivity contribution < 1.29 is 23.1 Å². The molecule has 0 unspecified atom stereocenters. The molecular formula is C21H31N5O5S. The summed E-state index contributed by atoms with van der Waals surface area (Å²) in [6.07, 6.45) is 2.63. The Hall–Kier alpha value is -2.63. The fraction of sp³-hybridized carbons (Fsp3) is 0.524. The maximum absolute atomic E-state index is 13.1. The molecule has 3 atom stereocenters. The lowest BCUT2D eigenvalue weighted by Gasteiger charge is -2.32. The summed E-state index contributed by atoms with van der Waals surface area (Å²) in [6, 6.07) is 4.56. The van der Waals surface area contributed by atoms with Crippen molar-refractivity contribution in [2.75, 3.05) is 31.5 Å². The first kappa shape index (κ1) is 24.0. The van der Waals surface area contributed by atoms with Crippen LogP contribution in [0.1, 0.15) is 19.4 Å². The molecule has 0 saturated carbocycles. The van der Waals surface area contributed by atoms with Crippen LogP contribution in [0, 0.1) is 5.92 Å². The van der Waals surface area contributed by atoms with Gasteiger partial charge in [-0.05, 0) is 32.2 Å². The van der Waals surface area contributed by atoms with Gasteiger partial charge in [-0.3, -0.25) is 9.52 Å². The highest BCUT2D eigenvalue weighted by Gasteiger charge is 2.30. The van der Waals surface area contributed by atoms with Crippen LogP contribution in [0.5, 0.6) is 5.75 Å². The van der Waals surface area contributed by atoms with Gasteiger partial charge in [0.2, 0.25) is 5.91 Å². The van der Waals surface area contributed by atoms with E-state index in [1.807, 2.05) is 14.0 Å². The molecule has 1 aliphatic heterocycles. The monoisotopic (exact) mass is 465 g/mol. The van der Waals surface area contributed by atoms with E-state index >= 15 is 0 Å². The van der Waals surface area contributed by atoms with Gasteiger partial charge in [-0.15, -0.1) is 0 Å². The van der Waals surface area contributed by atoms with Crippen molar-refractivity contribution in [2.45, 2.75) is 37.4 Å². The zero-order valence-corrected chi connectivity index (χ0v) is 19.6. The molecule has 2 aromatic rings. The molecule has 3 N–H and O–H groups in total. The van der Waals surface area contributed by atoms with Crippen molar-refractivity contribution in [1.29, 1.82) is 0 Å². The predicted octanol–water partition coefficient (Wildman–Crippen LogP) is 0.589. The average Bonchev–Trinajstić information content (AvgIpc) is 3.20. The molecule has 1 aromatic carbocycles. The standard InChI is InChI=1S/C21H31N5O5S/c1-14-10-26(15(2)12-27)21(28)8-16-7-17(5-6-18(16)31-19(14)9-22-3)24-32(29,30)20-11-25(4)13-23-20/h5-7,11,13-15,19,22,24,27H,8-10,12H2,1-4H3/t14-,15-,19-/m0/s1. The number of aliphatic hydroxyl groups excluding tert-OH is 1. The predicted molar refractivity (Wildman–Crippen MR) is 120 cm³/mol. The second-order valence-electron chi connectivity index (χ2n) is 8.25. The minimum atomic E-state index is -3.87. The topological polar surface area (TPSA) is 126 Å². The number of carbonyl (C=O) groups is 1. The van der Waals surface area contributed by atoms with Gasteiger partial charge in [0.25, 0.3) is 10.0 Å². The summed E-state index contributed by atoms with van der Waals surface area (Å²) in [5, 5.41) is 12.7. The molecule has 0 saturated heterocycles. The molecule has 0 fully saturated rings. The number of ether oxygens (including phenoxy) is 1. The summed E-state index contributed by atoms with van der Waals surface area (Å²) in [4.78, 5) is 18.7. The number of hydrogen-bond donors (Lipinski definition) is 3. The van der Waals surface area contributed by atoms with Crippen LogP contribution in [0.25, 0.3) is 0 Å². The van der Waals surface area contributed by atoms with E-state index in [0.29, 0.717) is 30.1 Å². The molecule has 0 aliphatic carbocycles. The molecule has 1 aliphatic rings. The zero-order chi connectivity index (χ0) is 23.5. The molecule has 2 heterocycles. The number of likely N-dealkylation sites (N-methyl/N-ethyl adjacent to an activating group) is 1. The Morgan fingerprint density at radius 2 is 2.12 bits per heavy atom. The maximum Gasteiger partial charge on any atom is 0.280 e. The van der Waals surface area contributed by atoms with Crippen LogP contribution in [-0.2, 0) is 28.3 Å². The van der Waals surface area contributed by atoms with E-state index in [9.17, 15) is 18.3 Å². The molecule has 32 heavy (non-hydrogen) atoms. The van der Waals surface area contributed by atoms with Gasteiger partial charge >= 0.3 is 0 Å². The van der Waals surface area contributed by atoms with Crippen LogP contribution in [0.15, 0.2) is 35.7 Å². The van der Waals surface area contributed by atoms with Crippen LogP contribution in [0.4, 0.5) is 5.69 Å². The number of amides is 1. The molecule has 1 aromatic heterocycles. The quantitative estimate of drug-likeness (QED) is 0.546.